The largest absolute Gasteiger partial charge is 0.456 e. The topological polar surface area (TPSA) is 32.8 Å². The molecule has 12 aromatic rings. The zero-order chi connectivity index (χ0) is 39.6. The average molecular weight is 769 g/mol. The second-order valence-corrected chi connectivity index (χ2v) is 15.3. The zero-order valence-electron chi connectivity index (χ0n) is 32.5. The van der Waals surface area contributed by atoms with Gasteiger partial charge in [-0.15, -0.1) is 0 Å². The summed E-state index contributed by atoms with van der Waals surface area (Å²) >= 11 is 0. The van der Waals surface area contributed by atoms with Crippen LogP contribution in [0.25, 0.3) is 76.5 Å². The Morgan fingerprint density at radius 1 is 0.267 bits per heavy atom. The van der Waals surface area contributed by atoms with Crippen LogP contribution < -0.4 is 9.80 Å². The van der Waals surface area contributed by atoms with Crippen LogP contribution in [0.1, 0.15) is 0 Å². The summed E-state index contributed by atoms with van der Waals surface area (Å²) in [6, 6.07) is 77.7. The Morgan fingerprint density at radius 3 is 1.57 bits per heavy atom. The minimum atomic E-state index is 0.863. The molecule has 2 aromatic heterocycles. The van der Waals surface area contributed by atoms with Crippen molar-refractivity contribution in [3.8, 4) is 11.1 Å². The van der Waals surface area contributed by atoms with E-state index in [1.807, 2.05) is 24.3 Å². The van der Waals surface area contributed by atoms with Crippen molar-refractivity contribution < 1.29 is 8.83 Å². The van der Waals surface area contributed by atoms with Crippen molar-refractivity contribution >= 4 is 99.5 Å². The first kappa shape index (κ1) is 34.0. The van der Waals surface area contributed by atoms with Crippen molar-refractivity contribution in [2.45, 2.75) is 0 Å². The first-order chi connectivity index (χ1) is 29.7. The molecule has 12 rings (SSSR count). The molecule has 0 aliphatic heterocycles. The van der Waals surface area contributed by atoms with Gasteiger partial charge in [-0.3, -0.25) is 0 Å². The lowest BCUT2D eigenvalue weighted by Gasteiger charge is -2.30. The Bertz CT molecular complexity index is 3570. The Balaban J connectivity index is 1.09. The van der Waals surface area contributed by atoms with Gasteiger partial charge in [0, 0.05) is 55.5 Å². The molecular weight excluding hydrogens is 733 g/mol. The fourth-order valence-electron chi connectivity index (χ4n) is 9.01. The second-order valence-electron chi connectivity index (χ2n) is 15.3. The third-order valence-corrected chi connectivity index (χ3v) is 11.8. The van der Waals surface area contributed by atoms with Crippen molar-refractivity contribution in [3.63, 3.8) is 0 Å². The van der Waals surface area contributed by atoms with E-state index < -0.39 is 0 Å². The highest BCUT2D eigenvalue weighted by Crippen LogP contribution is 2.45. The van der Waals surface area contributed by atoms with Crippen LogP contribution in [-0.2, 0) is 0 Å². The predicted molar refractivity (Wildman–Crippen MR) is 251 cm³/mol. The minimum Gasteiger partial charge on any atom is -0.456 e. The van der Waals surface area contributed by atoms with Gasteiger partial charge in [0.05, 0.1) is 5.69 Å². The Kier molecular flexibility index (Phi) is 7.82. The first-order valence-corrected chi connectivity index (χ1v) is 20.3. The quantitative estimate of drug-likeness (QED) is 0.151. The van der Waals surface area contributed by atoms with Gasteiger partial charge in [0.25, 0.3) is 0 Å². The fraction of sp³-hybridized carbons (Fsp3) is 0. The summed E-state index contributed by atoms with van der Waals surface area (Å²) in [4.78, 5) is 4.74. The normalized spacial score (nSPS) is 11.7. The van der Waals surface area contributed by atoms with Gasteiger partial charge in [0.2, 0.25) is 0 Å². The van der Waals surface area contributed by atoms with Crippen molar-refractivity contribution in [2.24, 2.45) is 0 Å². The van der Waals surface area contributed by atoms with E-state index in [4.69, 9.17) is 8.83 Å². The molecule has 0 aliphatic rings. The lowest BCUT2D eigenvalue weighted by molar-refractivity contribution is 0.668. The lowest BCUT2D eigenvalue weighted by atomic mass is 9.98. The predicted octanol–water partition coefficient (Wildman–Crippen LogP) is 16.4. The molecule has 0 radical (unpaired) electrons. The van der Waals surface area contributed by atoms with Crippen LogP contribution in [-0.4, -0.2) is 0 Å². The van der Waals surface area contributed by atoms with E-state index in [1.165, 1.54) is 16.2 Å². The van der Waals surface area contributed by atoms with E-state index in [1.54, 1.807) is 0 Å². The number of benzene rings is 10. The third kappa shape index (κ3) is 5.61. The van der Waals surface area contributed by atoms with Crippen molar-refractivity contribution in [3.05, 3.63) is 218 Å². The summed E-state index contributed by atoms with van der Waals surface area (Å²) in [5.41, 5.74) is 12.2. The molecule has 4 nitrogen and oxygen atoms in total. The van der Waals surface area contributed by atoms with Crippen LogP contribution in [0.4, 0.5) is 34.1 Å². The van der Waals surface area contributed by atoms with Crippen LogP contribution in [0.15, 0.2) is 227 Å². The standard InChI is InChI=1S/C56H36N2O2/c1-3-14-37(15-4-1)45-20-7-10-23-52(45)58(40-16-5-2-6-17-40)42-19-13-18-41(33-42)57(44-30-31-55-50(35-44)46-21-8-11-24-53(46)59-55)43-29-28-38-26-27-39-32-56-51(36-49(39)48(38)34-43)47-22-9-12-25-54(47)60-56/h1-36H. The van der Waals surface area contributed by atoms with Crippen molar-refractivity contribution in [1.82, 2.24) is 0 Å². The van der Waals surface area contributed by atoms with Gasteiger partial charge < -0.3 is 18.6 Å². The molecule has 0 fully saturated rings. The van der Waals surface area contributed by atoms with E-state index in [-0.39, 0.29) is 0 Å². The molecule has 0 amide bonds. The lowest BCUT2D eigenvalue weighted by Crippen LogP contribution is -2.13. The number of nitrogens with zero attached hydrogens (tertiary/aromatic N) is 2. The maximum absolute atomic E-state index is 6.33. The number of para-hydroxylation sites is 4. The first-order valence-electron chi connectivity index (χ1n) is 20.3. The van der Waals surface area contributed by atoms with Crippen LogP contribution in [0, 0.1) is 0 Å². The average Bonchev–Trinajstić information content (AvgIpc) is 3.87. The molecular formula is C56H36N2O2. The fourth-order valence-corrected chi connectivity index (χ4v) is 9.01. The molecule has 0 unspecified atom stereocenters. The summed E-state index contributed by atoms with van der Waals surface area (Å²) in [5.74, 6) is 0. The van der Waals surface area contributed by atoms with Gasteiger partial charge in [-0.25, -0.2) is 0 Å². The van der Waals surface area contributed by atoms with Crippen LogP contribution in [0.2, 0.25) is 0 Å². The van der Waals surface area contributed by atoms with Crippen molar-refractivity contribution in [1.29, 1.82) is 0 Å². The van der Waals surface area contributed by atoms with Gasteiger partial charge in [-0.05, 0) is 118 Å². The van der Waals surface area contributed by atoms with Crippen LogP contribution in [0.5, 0.6) is 0 Å². The number of rotatable bonds is 7. The van der Waals surface area contributed by atoms with Gasteiger partial charge in [-0.2, -0.15) is 0 Å². The van der Waals surface area contributed by atoms with E-state index in [2.05, 4.69) is 204 Å². The van der Waals surface area contributed by atoms with Gasteiger partial charge in [0.1, 0.15) is 22.3 Å². The molecule has 4 heteroatoms. The number of hydrogen-bond acceptors (Lipinski definition) is 4. The van der Waals surface area contributed by atoms with Gasteiger partial charge >= 0.3 is 0 Å². The Morgan fingerprint density at radius 2 is 0.783 bits per heavy atom. The Hall–Kier alpha value is -8.08. The van der Waals surface area contributed by atoms with Gasteiger partial charge in [-0.1, -0.05) is 127 Å². The SMILES string of the molecule is c1ccc(-c2ccccc2N(c2ccccc2)c2cccc(N(c3ccc4ccc5cc6oc7ccccc7c6cc5c4c3)c3ccc4oc5ccccc5c4c3)c2)cc1. The molecule has 2 heterocycles. The van der Waals surface area contributed by atoms with E-state index >= 15 is 0 Å². The second kappa shape index (κ2) is 13.8. The van der Waals surface area contributed by atoms with Crippen molar-refractivity contribution in [2.75, 3.05) is 9.80 Å². The van der Waals surface area contributed by atoms with Crippen LogP contribution in [0.3, 0.4) is 0 Å². The zero-order valence-corrected chi connectivity index (χ0v) is 32.5. The molecule has 0 spiro atoms. The van der Waals surface area contributed by atoms with Crippen LogP contribution >= 0.6 is 0 Å². The minimum absolute atomic E-state index is 0.863. The third-order valence-electron chi connectivity index (χ3n) is 11.8. The summed E-state index contributed by atoms with van der Waals surface area (Å²) in [5, 5.41) is 9.09. The molecule has 0 atom stereocenters. The van der Waals surface area contributed by atoms with E-state index in [0.717, 1.165) is 94.5 Å². The Labute approximate surface area is 346 Å². The highest BCUT2D eigenvalue weighted by molar-refractivity contribution is 6.17. The molecule has 0 aliphatic carbocycles. The number of anilines is 6. The number of furan rings is 2. The summed E-state index contributed by atoms with van der Waals surface area (Å²) in [7, 11) is 0. The molecule has 60 heavy (non-hydrogen) atoms. The molecule has 10 aromatic carbocycles. The maximum atomic E-state index is 6.33. The van der Waals surface area contributed by atoms with E-state index in [9.17, 15) is 0 Å². The molecule has 0 saturated heterocycles. The summed E-state index contributed by atoms with van der Waals surface area (Å²) in [6.45, 7) is 0. The number of hydrogen-bond donors (Lipinski definition) is 0. The summed E-state index contributed by atoms with van der Waals surface area (Å²) < 4.78 is 12.6. The van der Waals surface area contributed by atoms with E-state index in [0.29, 0.717) is 0 Å². The maximum Gasteiger partial charge on any atom is 0.136 e. The highest BCUT2D eigenvalue weighted by Gasteiger charge is 2.21. The molecule has 282 valence electrons. The summed E-state index contributed by atoms with van der Waals surface area (Å²) in [6.07, 6.45) is 0. The smallest absolute Gasteiger partial charge is 0.136 e. The number of fused-ring (bicyclic) bond motifs is 9. The molecule has 0 bridgehead atoms. The molecule has 0 N–H and O–H groups in total. The highest BCUT2D eigenvalue weighted by atomic mass is 16.3. The monoisotopic (exact) mass is 768 g/mol. The van der Waals surface area contributed by atoms with Gasteiger partial charge in [0.15, 0.2) is 0 Å². The molecule has 0 saturated carbocycles.